The van der Waals surface area contributed by atoms with E-state index in [9.17, 15) is 9.59 Å². The topological polar surface area (TPSA) is 37.4 Å². The molecule has 7 rings (SSSR count). The van der Waals surface area contributed by atoms with Crippen LogP contribution < -0.4 is 4.90 Å². The number of imide groups is 1. The maximum atomic E-state index is 13.7. The summed E-state index contributed by atoms with van der Waals surface area (Å²) >= 11 is 10.0. The molecule has 1 saturated heterocycles. The molecular weight excluding hydrogens is 450 g/mol. The van der Waals surface area contributed by atoms with Crippen molar-refractivity contribution in [2.45, 2.75) is 10.2 Å². The summed E-state index contributed by atoms with van der Waals surface area (Å²) in [6.07, 6.45) is 0. The lowest BCUT2D eigenvalue weighted by atomic mass is 9.55. The molecule has 5 heteroatoms. The van der Waals surface area contributed by atoms with Gasteiger partial charge in [0, 0.05) is 10.9 Å². The second-order valence-corrected chi connectivity index (χ2v) is 9.54. The van der Waals surface area contributed by atoms with Crippen molar-refractivity contribution in [3.05, 3.63) is 100 Å². The molecule has 3 nitrogen and oxygen atoms in total. The first-order valence-electron chi connectivity index (χ1n) is 9.54. The molecule has 29 heavy (non-hydrogen) atoms. The van der Waals surface area contributed by atoms with Gasteiger partial charge in [-0.2, -0.15) is 0 Å². The molecule has 0 saturated carbocycles. The summed E-state index contributed by atoms with van der Waals surface area (Å²) in [6, 6.07) is 23.2. The highest BCUT2D eigenvalue weighted by Crippen LogP contribution is 2.66. The molecule has 0 N–H and O–H groups in total. The van der Waals surface area contributed by atoms with Crippen LogP contribution in [-0.2, 0) is 13.9 Å². The second-order valence-electron chi connectivity index (χ2n) is 7.86. The fraction of sp³-hybridized carbons (Fsp3) is 0.167. The summed E-state index contributed by atoms with van der Waals surface area (Å²) < 4.78 is -0.715. The van der Waals surface area contributed by atoms with Crippen molar-refractivity contribution in [1.82, 2.24) is 0 Å². The lowest BCUT2D eigenvalue weighted by Gasteiger charge is -2.51. The third-order valence-corrected chi connectivity index (χ3v) is 8.20. The fourth-order valence-corrected chi connectivity index (χ4v) is 6.85. The van der Waals surface area contributed by atoms with E-state index in [-0.39, 0.29) is 17.7 Å². The molecule has 0 unspecified atom stereocenters. The summed E-state index contributed by atoms with van der Waals surface area (Å²) in [5.41, 5.74) is 5.00. The molecule has 1 aliphatic heterocycles. The zero-order valence-electron chi connectivity index (χ0n) is 15.2. The summed E-state index contributed by atoms with van der Waals surface area (Å²) in [4.78, 5) is 28.7. The molecule has 4 aliphatic rings. The highest BCUT2D eigenvalue weighted by atomic mass is 79.9. The SMILES string of the molecule is O=C1[C@H]2C3c4ccccc4C(Br)(c4ccccc43)[C@H]2C(=O)N1c1ccc(Cl)cc1. The van der Waals surface area contributed by atoms with E-state index in [0.29, 0.717) is 10.7 Å². The molecule has 0 radical (unpaired) electrons. The molecule has 0 aromatic heterocycles. The predicted molar refractivity (Wildman–Crippen MR) is 115 cm³/mol. The lowest BCUT2D eigenvalue weighted by molar-refractivity contribution is -0.122. The molecule has 2 amide bonds. The summed E-state index contributed by atoms with van der Waals surface area (Å²) in [5.74, 6) is -1.34. The number of hydrogen-bond acceptors (Lipinski definition) is 2. The Kier molecular flexibility index (Phi) is 3.49. The van der Waals surface area contributed by atoms with Gasteiger partial charge in [-0.15, -0.1) is 0 Å². The third kappa shape index (κ3) is 2.03. The summed E-state index contributed by atoms with van der Waals surface area (Å²) in [6.45, 7) is 0. The van der Waals surface area contributed by atoms with Crippen molar-refractivity contribution in [1.29, 1.82) is 0 Å². The molecule has 3 aromatic carbocycles. The largest absolute Gasteiger partial charge is 0.274 e. The van der Waals surface area contributed by atoms with E-state index in [1.807, 2.05) is 24.3 Å². The standard InChI is InChI=1S/C24H15BrClNO2/c25-24-17-7-3-1-5-15(17)19(16-6-2-4-8-18(16)24)20-21(24)23(29)27(22(20)28)14-11-9-13(26)10-12-14/h1-12,19-21H/t19?,20-,21+,24?/m0/s1. The minimum absolute atomic E-state index is 0.124. The first-order valence-corrected chi connectivity index (χ1v) is 10.7. The van der Waals surface area contributed by atoms with Crippen LogP contribution >= 0.6 is 27.5 Å². The van der Waals surface area contributed by atoms with Crippen LogP contribution in [0.1, 0.15) is 28.2 Å². The smallest absolute Gasteiger partial charge is 0.239 e. The Morgan fingerprint density at radius 3 is 1.93 bits per heavy atom. The van der Waals surface area contributed by atoms with E-state index in [2.05, 4.69) is 40.2 Å². The number of halogens is 2. The highest BCUT2D eigenvalue weighted by molar-refractivity contribution is 9.09. The summed E-state index contributed by atoms with van der Waals surface area (Å²) in [5, 5.41) is 0.571. The minimum Gasteiger partial charge on any atom is -0.274 e. The van der Waals surface area contributed by atoms with Gasteiger partial charge in [0.1, 0.15) is 0 Å². The maximum Gasteiger partial charge on any atom is 0.239 e. The first-order chi connectivity index (χ1) is 14.0. The van der Waals surface area contributed by atoms with Gasteiger partial charge in [-0.1, -0.05) is 76.1 Å². The van der Waals surface area contributed by atoms with E-state index in [1.165, 1.54) is 4.90 Å². The highest BCUT2D eigenvalue weighted by Gasteiger charge is 2.67. The quantitative estimate of drug-likeness (QED) is 0.365. The Morgan fingerprint density at radius 1 is 0.793 bits per heavy atom. The van der Waals surface area contributed by atoms with Gasteiger partial charge in [-0.25, -0.2) is 4.90 Å². The molecule has 2 atom stereocenters. The third-order valence-electron chi connectivity index (χ3n) is 6.60. The van der Waals surface area contributed by atoms with Crippen LogP contribution in [0.25, 0.3) is 0 Å². The van der Waals surface area contributed by atoms with Crippen molar-refractivity contribution >= 4 is 45.0 Å². The van der Waals surface area contributed by atoms with Crippen molar-refractivity contribution in [3.63, 3.8) is 0 Å². The number of benzene rings is 3. The van der Waals surface area contributed by atoms with Gasteiger partial charge in [0.2, 0.25) is 11.8 Å². The Morgan fingerprint density at radius 2 is 1.34 bits per heavy atom. The number of amides is 2. The Balaban J connectivity index is 1.61. The molecule has 1 fully saturated rings. The number of nitrogens with zero attached hydrogens (tertiary/aromatic N) is 1. The predicted octanol–water partition coefficient (Wildman–Crippen LogP) is 5.24. The Labute approximate surface area is 181 Å². The number of carbonyl (C=O) groups is 2. The van der Waals surface area contributed by atoms with Crippen LogP contribution in [0.15, 0.2) is 72.8 Å². The zero-order valence-corrected chi connectivity index (χ0v) is 17.5. The van der Waals surface area contributed by atoms with Gasteiger partial charge in [-0.3, -0.25) is 9.59 Å². The van der Waals surface area contributed by atoms with Gasteiger partial charge in [-0.05, 0) is 46.5 Å². The molecule has 2 bridgehead atoms. The van der Waals surface area contributed by atoms with Gasteiger partial charge >= 0.3 is 0 Å². The average molecular weight is 465 g/mol. The number of hydrogen-bond donors (Lipinski definition) is 0. The number of alkyl halides is 1. The van der Waals surface area contributed by atoms with Crippen molar-refractivity contribution in [3.8, 4) is 0 Å². The zero-order chi connectivity index (χ0) is 19.9. The van der Waals surface area contributed by atoms with E-state index in [4.69, 9.17) is 11.6 Å². The summed E-state index contributed by atoms with van der Waals surface area (Å²) in [7, 11) is 0. The number of carbonyl (C=O) groups excluding carboxylic acids is 2. The molecule has 3 aromatic rings. The minimum atomic E-state index is -0.715. The van der Waals surface area contributed by atoms with E-state index >= 15 is 0 Å². The average Bonchev–Trinajstić information content (AvgIpc) is 3.01. The van der Waals surface area contributed by atoms with Crippen molar-refractivity contribution < 1.29 is 9.59 Å². The van der Waals surface area contributed by atoms with E-state index in [1.54, 1.807) is 24.3 Å². The van der Waals surface area contributed by atoms with E-state index in [0.717, 1.165) is 22.3 Å². The van der Waals surface area contributed by atoms with Crippen LogP contribution in [0, 0.1) is 11.8 Å². The Hall–Kier alpha value is -2.43. The van der Waals surface area contributed by atoms with E-state index < -0.39 is 16.2 Å². The van der Waals surface area contributed by atoms with Crippen molar-refractivity contribution in [2.24, 2.45) is 11.8 Å². The van der Waals surface area contributed by atoms with Crippen LogP contribution in [0.4, 0.5) is 5.69 Å². The first kappa shape index (κ1) is 17.4. The maximum absolute atomic E-state index is 13.7. The monoisotopic (exact) mass is 463 g/mol. The molecule has 3 aliphatic carbocycles. The fourth-order valence-electron chi connectivity index (χ4n) is 5.52. The van der Waals surface area contributed by atoms with Gasteiger partial charge < -0.3 is 0 Å². The van der Waals surface area contributed by atoms with Crippen LogP contribution in [0.5, 0.6) is 0 Å². The van der Waals surface area contributed by atoms with Gasteiger partial charge in [0.25, 0.3) is 0 Å². The Bertz CT molecular complexity index is 1160. The number of anilines is 1. The number of rotatable bonds is 1. The molecule has 1 heterocycles. The normalized spacial score (nSPS) is 28.9. The van der Waals surface area contributed by atoms with Gasteiger partial charge in [0.05, 0.1) is 21.8 Å². The van der Waals surface area contributed by atoms with Crippen LogP contribution in [0.2, 0.25) is 5.02 Å². The lowest BCUT2D eigenvalue weighted by Crippen LogP contribution is -2.50. The second kappa shape index (κ2) is 5.80. The van der Waals surface area contributed by atoms with Gasteiger partial charge in [0.15, 0.2) is 0 Å². The van der Waals surface area contributed by atoms with Crippen LogP contribution in [0.3, 0.4) is 0 Å². The van der Waals surface area contributed by atoms with Crippen LogP contribution in [-0.4, -0.2) is 11.8 Å². The molecule has 0 spiro atoms. The molecular formula is C24H15BrClNO2. The molecule has 142 valence electrons. The van der Waals surface area contributed by atoms with Crippen molar-refractivity contribution in [2.75, 3.05) is 4.90 Å².